The van der Waals surface area contributed by atoms with E-state index in [0.717, 1.165) is 37.2 Å². The van der Waals surface area contributed by atoms with Crippen LogP contribution in [0.5, 0.6) is 5.75 Å². The molecule has 1 fully saturated rings. The van der Waals surface area contributed by atoms with E-state index in [-0.39, 0.29) is 12.0 Å². The summed E-state index contributed by atoms with van der Waals surface area (Å²) in [5.41, 5.74) is 2.28. The first kappa shape index (κ1) is 15.5. The Kier molecular flexibility index (Phi) is 4.91. The predicted octanol–water partition coefficient (Wildman–Crippen LogP) is 3.00. The third kappa shape index (κ3) is 4.31. The van der Waals surface area contributed by atoms with E-state index in [2.05, 4.69) is 24.0 Å². The molecular weight excluding hydrogens is 288 g/mol. The van der Waals surface area contributed by atoms with E-state index in [1.807, 2.05) is 29.2 Å². The summed E-state index contributed by atoms with van der Waals surface area (Å²) < 4.78 is 5.92. The van der Waals surface area contributed by atoms with Gasteiger partial charge in [-0.15, -0.1) is 0 Å². The molecule has 1 amide bonds. The summed E-state index contributed by atoms with van der Waals surface area (Å²) in [7, 11) is 0. The van der Waals surface area contributed by atoms with Gasteiger partial charge >= 0.3 is 0 Å². The number of piperidine rings is 1. The minimum absolute atomic E-state index is 0.169. The summed E-state index contributed by atoms with van der Waals surface area (Å²) in [5.74, 6) is 1.01. The standard InChI is InChI=1S/C19H22N2O2/c1-15-4-2-5-16(12-15)13-19(22)21-10-7-17(8-11-21)23-18-6-3-9-20-14-18/h2-6,9,12,14,17H,7-8,10-11,13H2,1H3. The number of carbonyl (C=O) groups is 1. The first-order valence-corrected chi connectivity index (χ1v) is 8.11. The van der Waals surface area contributed by atoms with Crippen molar-refractivity contribution in [2.45, 2.75) is 32.3 Å². The molecule has 23 heavy (non-hydrogen) atoms. The number of pyridine rings is 1. The van der Waals surface area contributed by atoms with Crippen LogP contribution >= 0.6 is 0 Å². The Morgan fingerprint density at radius 2 is 2.09 bits per heavy atom. The normalized spacial score (nSPS) is 15.4. The first-order chi connectivity index (χ1) is 11.2. The number of carbonyl (C=O) groups excluding carboxylic acids is 1. The zero-order valence-electron chi connectivity index (χ0n) is 13.4. The number of hydrogen-bond donors (Lipinski definition) is 0. The molecule has 1 aromatic heterocycles. The van der Waals surface area contributed by atoms with E-state index >= 15 is 0 Å². The van der Waals surface area contributed by atoms with E-state index in [0.29, 0.717) is 6.42 Å². The van der Waals surface area contributed by atoms with Crippen molar-refractivity contribution in [1.29, 1.82) is 0 Å². The second-order valence-electron chi connectivity index (χ2n) is 6.05. The molecule has 0 bridgehead atoms. The number of aryl methyl sites for hydroxylation is 1. The number of nitrogens with zero attached hydrogens (tertiary/aromatic N) is 2. The highest BCUT2D eigenvalue weighted by Crippen LogP contribution is 2.18. The fourth-order valence-electron chi connectivity index (χ4n) is 2.94. The van der Waals surface area contributed by atoms with E-state index in [1.165, 1.54) is 5.56 Å². The van der Waals surface area contributed by atoms with Gasteiger partial charge in [0.15, 0.2) is 0 Å². The third-order valence-corrected chi connectivity index (χ3v) is 4.17. The topological polar surface area (TPSA) is 42.4 Å². The van der Waals surface area contributed by atoms with Crippen molar-refractivity contribution >= 4 is 5.91 Å². The maximum Gasteiger partial charge on any atom is 0.226 e. The quantitative estimate of drug-likeness (QED) is 0.872. The lowest BCUT2D eigenvalue weighted by Crippen LogP contribution is -2.42. The Labute approximate surface area is 137 Å². The number of amides is 1. The molecule has 2 aromatic rings. The Morgan fingerprint density at radius 1 is 1.26 bits per heavy atom. The van der Waals surface area contributed by atoms with Crippen molar-refractivity contribution in [3.63, 3.8) is 0 Å². The lowest BCUT2D eigenvalue weighted by molar-refractivity contribution is -0.132. The lowest BCUT2D eigenvalue weighted by Gasteiger charge is -2.32. The van der Waals surface area contributed by atoms with Gasteiger partial charge in [0.25, 0.3) is 0 Å². The Morgan fingerprint density at radius 3 is 2.78 bits per heavy atom. The molecule has 4 heteroatoms. The number of likely N-dealkylation sites (tertiary alicyclic amines) is 1. The van der Waals surface area contributed by atoms with Crippen LogP contribution in [0.2, 0.25) is 0 Å². The van der Waals surface area contributed by atoms with Gasteiger partial charge in [0.05, 0.1) is 12.6 Å². The number of benzene rings is 1. The smallest absolute Gasteiger partial charge is 0.226 e. The van der Waals surface area contributed by atoms with Gasteiger partial charge in [0.1, 0.15) is 11.9 Å². The van der Waals surface area contributed by atoms with Crippen molar-refractivity contribution in [2.75, 3.05) is 13.1 Å². The van der Waals surface area contributed by atoms with Crippen molar-refractivity contribution in [3.05, 3.63) is 59.9 Å². The molecule has 0 spiro atoms. The molecule has 0 aliphatic carbocycles. The molecule has 1 saturated heterocycles. The van der Waals surface area contributed by atoms with Crippen LogP contribution in [0, 0.1) is 6.92 Å². The van der Waals surface area contributed by atoms with Gasteiger partial charge in [0, 0.05) is 32.1 Å². The molecule has 1 aromatic carbocycles. The Hall–Kier alpha value is -2.36. The molecule has 2 heterocycles. The second-order valence-corrected chi connectivity index (χ2v) is 6.05. The zero-order chi connectivity index (χ0) is 16.1. The van der Waals surface area contributed by atoms with Crippen LogP contribution in [0.1, 0.15) is 24.0 Å². The Balaban J connectivity index is 1.49. The van der Waals surface area contributed by atoms with Crippen LogP contribution in [0.4, 0.5) is 0 Å². The third-order valence-electron chi connectivity index (χ3n) is 4.17. The predicted molar refractivity (Wildman–Crippen MR) is 89.4 cm³/mol. The van der Waals surface area contributed by atoms with E-state index < -0.39 is 0 Å². The summed E-state index contributed by atoms with van der Waals surface area (Å²) in [6.07, 6.45) is 5.86. The molecule has 3 rings (SSSR count). The highest BCUT2D eigenvalue weighted by atomic mass is 16.5. The SMILES string of the molecule is Cc1cccc(CC(=O)N2CCC(Oc3cccnc3)CC2)c1. The molecule has 0 radical (unpaired) electrons. The summed E-state index contributed by atoms with van der Waals surface area (Å²) in [4.78, 5) is 18.4. The summed E-state index contributed by atoms with van der Waals surface area (Å²) in [6, 6.07) is 11.9. The van der Waals surface area contributed by atoms with E-state index in [4.69, 9.17) is 4.74 Å². The fourth-order valence-corrected chi connectivity index (χ4v) is 2.94. The van der Waals surface area contributed by atoms with Gasteiger partial charge in [0.2, 0.25) is 5.91 Å². The number of hydrogen-bond acceptors (Lipinski definition) is 3. The zero-order valence-corrected chi connectivity index (χ0v) is 13.4. The van der Waals surface area contributed by atoms with Crippen molar-refractivity contribution in [3.8, 4) is 5.75 Å². The van der Waals surface area contributed by atoms with Crippen LogP contribution < -0.4 is 4.74 Å². The lowest BCUT2D eigenvalue weighted by atomic mass is 10.0. The van der Waals surface area contributed by atoms with Gasteiger partial charge in [-0.25, -0.2) is 0 Å². The van der Waals surface area contributed by atoms with Gasteiger partial charge in [-0.3, -0.25) is 9.78 Å². The van der Waals surface area contributed by atoms with Gasteiger partial charge in [-0.1, -0.05) is 29.8 Å². The number of ether oxygens (including phenoxy) is 1. The average Bonchev–Trinajstić information content (AvgIpc) is 2.56. The first-order valence-electron chi connectivity index (χ1n) is 8.11. The molecular formula is C19H22N2O2. The Bertz CT molecular complexity index is 649. The number of aromatic nitrogens is 1. The monoisotopic (exact) mass is 310 g/mol. The highest BCUT2D eigenvalue weighted by molar-refractivity contribution is 5.78. The van der Waals surface area contributed by atoms with Crippen LogP contribution in [0.3, 0.4) is 0 Å². The molecule has 1 aliphatic rings. The second kappa shape index (κ2) is 7.27. The van der Waals surface area contributed by atoms with Gasteiger partial charge in [-0.2, -0.15) is 0 Å². The summed E-state index contributed by atoms with van der Waals surface area (Å²) in [6.45, 7) is 3.57. The molecule has 0 atom stereocenters. The average molecular weight is 310 g/mol. The maximum atomic E-state index is 12.4. The molecule has 1 aliphatic heterocycles. The largest absolute Gasteiger partial charge is 0.489 e. The van der Waals surface area contributed by atoms with Crippen LogP contribution in [-0.4, -0.2) is 35.0 Å². The minimum atomic E-state index is 0.169. The maximum absolute atomic E-state index is 12.4. The van der Waals surface area contributed by atoms with Crippen molar-refractivity contribution in [1.82, 2.24) is 9.88 Å². The number of rotatable bonds is 4. The van der Waals surface area contributed by atoms with E-state index in [9.17, 15) is 4.79 Å². The van der Waals surface area contributed by atoms with Gasteiger partial charge < -0.3 is 9.64 Å². The molecule has 120 valence electrons. The van der Waals surface area contributed by atoms with Crippen LogP contribution in [-0.2, 0) is 11.2 Å². The summed E-state index contributed by atoms with van der Waals surface area (Å²) in [5, 5.41) is 0. The van der Waals surface area contributed by atoms with Crippen molar-refractivity contribution < 1.29 is 9.53 Å². The molecule has 4 nitrogen and oxygen atoms in total. The van der Waals surface area contributed by atoms with Crippen LogP contribution in [0.25, 0.3) is 0 Å². The molecule has 0 unspecified atom stereocenters. The van der Waals surface area contributed by atoms with E-state index in [1.54, 1.807) is 12.4 Å². The molecule has 0 saturated carbocycles. The minimum Gasteiger partial charge on any atom is -0.489 e. The summed E-state index contributed by atoms with van der Waals surface area (Å²) >= 11 is 0. The fraction of sp³-hybridized carbons (Fsp3) is 0.368. The highest BCUT2D eigenvalue weighted by Gasteiger charge is 2.23. The van der Waals surface area contributed by atoms with Crippen molar-refractivity contribution in [2.24, 2.45) is 0 Å². The van der Waals surface area contributed by atoms with Crippen LogP contribution in [0.15, 0.2) is 48.8 Å². The van der Waals surface area contributed by atoms with Gasteiger partial charge in [-0.05, 0) is 24.6 Å². The molecule has 0 N–H and O–H groups in total.